The number of allylic oxidation sites excluding steroid dienone is 1. The number of fused-ring (bicyclic) bond motifs is 1. The van der Waals surface area contributed by atoms with Crippen molar-refractivity contribution in [2.75, 3.05) is 0 Å². The van der Waals surface area contributed by atoms with E-state index in [2.05, 4.69) is 4.98 Å². The van der Waals surface area contributed by atoms with E-state index in [0.29, 0.717) is 23.3 Å². The summed E-state index contributed by atoms with van der Waals surface area (Å²) in [5, 5.41) is 10.3. The van der Waals surface area contributed by atoms with E-state index in [0.717, 1.165) is 12.2 Å². The zero-order valence-corrected chi connectivity index (χ0v) is 9.79. The Labute approximate surface area is 103 Å². The van der Waals surface area contributed by atoms with Crippen molar-refractivity contribution in [3.63, 3.8) is 0 Å². The Bertz CT molecular complexity index is 641. The molecule has 0 N–H and O–H groups in total. The van der Waals surface area contributed by atoms with Gasteiger partial charge in [0.1, 0.15) is 5.82 Å². The molecule has 92 valence electrons. The van der Waals surface area contributed by atoms with E-state index < -0.39 is 11.9 Å². The van der Waals surface area contributed by atoms with Gasteiger partial charge in [0.05, 0.1) is 17.0 Å². The highest BCUT2D eigenvalue weighted by atomic mass is 16.4. The number of imidazole rings is 1. The number of carboxylic acid groups (broad SMARTS) is 1. The van der Waals surface area contributed by atoms with Crippen LogP contribution in [0, 0.1) is 0 Å². The molecule has 18 heavy (non-hydrogen) atoms. The lowest BCUT2D eigenvalue weighted by Gasteiger charge is -2.02. The summed E-state index contributed by atoms with van der Waals surface area (Å²) in [4.78, 5) is 26.6. The summed E-state index contributed by atoms with van der Waals surface area (Å²) in [5.74, 6) is -1.24. The second kappa shape index (κ2) is 4.83. The number of carbonyl (C=O) groups is 2. The molecule has 1 aromatic heterocycles. The van der Waals surface area contributed by atoms with Crippen LogP contribution in [0.1, 0.15) is 17.5 Å². The molecule has 0 saturated heterocycles. The Morgan fingerprint density at radius 2 is 2.06 bits per heavy atom. The number of aliphatic carboxylic acids is 1. The molecule has 0 unspecified atom stereocenters. The maximum atomic E-state index is 11.9. The lowest BCUT2D eigenvalue weighted by Crippen LogP contribution is -2.20. The first kappa shape index (κ1) is 12.0. The number of hydrogen-bond donors (Lipinski definition) is 0. The maximum absolute atomic E-state index is 11.9. The van der Waals surface area contributed by atoms with Crippen molar-refractivity contribution in [2.24, 2.45) is 0 Å². The number of carbonyl (C=O) groups excluding carboxylic acids is 2. The number of para-hydroxylation sites is 2. The van der Waals surface area contributed by atoms with E-state index in [-0.39, 0.29) is 0 Å². The molecule has 0 atom stereocenters. The van der Waals surface area contributed by atoms with Gasteiger partial charge in [-0.05, 0) is 18.2 Å². The highest BCUT2D eigenvalue weighted by Gasteiger charge is 2.12. The SMILES string of the molecule is CCc1nc2ccccc2n1C(=O)C=CC(=O)[O-]. The number of carboxylic acids is 1. The van der Waals surface area contributed by atoms with Crippen molar-refractivity contribution in [1.82, 2.24) is 9.55 Å². The predicted molar refractivity (Wildman–Crippen MR) is 63.9 cm³/mol. The Morgan fingerprint density at radius 1 is 1.33 bits per heavy atom. The molecular weight excluding hydrogens is 232 g/mol. The summed E-state index contributed by atoms with van der Waals surface area (Å²) in [6.07, 6.45) is 2.28. The van der Waals surface area contributed by atoms with Crippen LogP contribution in [-0.4, -0.2) is 21.4 Å². The molecule has 0 radical (unpaired) electrons. The summed E-state index contributed by atoms with van der Waals surface area (Å²) in [5.41, 5.74) is 1.38. The Kier molecular flexibility index (Phi) is 3.23. The summed E-state index contributed by atoms with van der Waals surface area (Å²) < 4.78 is 1.41. The summed E-state index contributed by atoms with van der Waals surface area (Å²) in [7, 11) is 0. The quantitative estimate of drug-likeness (QED) is 0.737. The van der Waals surface area contributed by atoms with Gasteiger partial charge >= 0.3 is 0 Å². The van der Waals surface area contributed by atoms with Crippen LogP contribution in [-0.2, 0) is 11.2 Å². The van der Waals surface area contributed by atoms with E-state index in [1.54, 1.807) is 18.2 Å². The fraction of sp³-hybridized carbons (Fsp3) is 0.154. The highest BCUT2D eigenvalue weighted by Crippen LogP contribution is 2.16. The predicted octanol–water partition coefficient (Wildman–Crippen LogP) is 0.545. The van der Waals surface area contributed by atoms with Crippen molar-refractivity contribution < 1.29 is 14.7 Å². The van der Waals surface area contributed by atoms with Gasteiger partial charge in [0.15, 0.2) is 0 Å². The third kappa shape index (κ3) is 2.15. The second-order valence-corrected chi connectivity index (χ2v) is 3.70. The number of benzene rings is 1. The Morgan fingerprint density at radius 3 is 2.72 bits per heavy atom. The van der Waals surface area contributed by atoms with Crippen LogP contribution in [0.15, 0.2) is 36.4 Å². The molecule has 0 aliphatic rings. The topological polar surface area (TPSA) is 75.0 Å². The first-order valence-corrected chi connectivity index (χ1v) is 5.53. The molecule has 2 aromatic rings. The molecule has 0 spiro atoms. The van der Waals surface area contributed by atoms with Crippen LogP contribution in [0.4, 0.5) is 0 Å². The van der Waals surface area contributed by atoms with Crippen LogP contribution in [0.5, 0.6) is 0 Å². The van der Waals surface area contributed by atoms with E-state index >= 15 is 0 Å². The normalized spacial score (nSPS) is 11.2. The summed E-state index contributed by atoms with van der Waals surface area (Å²) in [6, 6.07) is 7.21. The first-order chi connectivity index (χ1) is 8.63. The zero-order chi connectivity index (χ0) is 13.1. The van der Waals surface area contributed by atoms with Gasteiger partial charge in [-0.15, -0.1) is 0 Å². The average molecular weight is 243 g/mol. The van der Waals surface area contributed by atoms with Crippen molar-refractivity contribution in [3.05, 3.63) is 42.2 Å². The lowest BCUT2D eigenvalue weighted by molar-refractivity contribution is -0.297. The van der Waals surface area contributed by atoms with Gasteiger partial charge in [0, 0.05) is 12.5 Å². The van der Waals surface area contributed by atoms with Crippen LogP contribution >= 0.6 is 0 Å². The minimum Gasteiger partial charge on any atom is -0.545 e. The minimum absolute atomic E-state index is 0.440. The van der Waals surface area contributed by atoms with Gasteiger partial charge < -0.3 is 9.90 Å². The Balaban J connectivity index is 2.54. The molecule has 1 heterocycles. The number of hydrogen-bond acceptors (Lipinski definition) is 4. The van der Waals surface area contributed by atoms with Gasteiger partial charge in [-0.3, -0.25) is 9.36 Å². The van der Waals surface area contributed by atoms with Crippen molar-refractivity contribution in [2.45, 2.75) is 13.3 Å². The molecule has 5 heteroatoms. The smallest absolute Gasteiger partial charge is 0.256 e. The monoisotopic (exact) mass is 243 g/mol. The lowest BCUT2D eigenvalue weighted by atomic mass is 10.3. The van der Waals surface area contributed by atoms with Gasteiger partial charge in [-0.1, -0.05) is 19.1 Å². The molecule has 0 saturated carbocycles. The molecular formula is C13H11N2O3-. The summed E-state index contributed by atoms with van der Waals surface area (Å²) >= 11 is 0. The molecule has 0 amide bonds. The van der Waals surface area contributed by atoms with Gasteiger partial charge in [-0.2, -0.15) is 0 Å². The van der Waals surface area contributed by atoms with Gasteiger partial charge in [0.25, 0.3) is 5.91 Å². The van der Waals surface area contributed by atoms with Crippen molar-refractivity contribution in [3.8, 4) is 0 Å². The third-order valence-electron chi connectivity index (χ3n) is 2.53. The van der Waals surface area contributed by atoms with E-state index in [1.165, 1.54) is 4.57 Å². The number of rotatable bonds is 3. The fourth-order valence-electron chi connectivity index (χ4n) is 1.77. The molecule has 0 aliphatic carbocycles. The van der Waals surface area contributed by atoms with Gasteiger partial charge in [-0.25, -0.2) is 4.98 Å². The molecule has 0 fully saturated rings. The van der Waals surface area contributed by atoms with Crippen LogP contribution in [0.2, 0.25) is 0 Å². The molecule has 2 rings (SSSR count). The van der Waals surface area contributed by atoms with E-state index in [1.807, 2.05) is 13.0 Å². The fourth-order valence-corrected chi connectivity index (χ4v) is 1.77. The van der Waals surface area contributed by atoms with Crippen LogP contribution in [0.3, 0.4) is 0 Å². The second-order valence-electron chi connectivity index (χ2n) is 3.70. The highest BCUT2D eigenvalue weighted by molar-refractivity contribution is 6.00. The van der Waals surface area contributed by atoms with Gasteiger partial charge in [0.2, 0.25) is 0 Å². The first-order valence-electron chi connectivity index (χ1n) is 5.53. The number of aromatic nitrogens is 2. The third-order valence-corrected chi connectivity index (χ3v) is 2.53. The average Bonchev–Trinajstić information content (AvgIpc) is 2.74. The van der Waals surface area contributed by atoms with Crippen molar-refractivity contribution >= 4 is 22.9 Å². The zero-order valence-electron chi connectivity index (χ0n) is 9.79. The van der Waals surface area contributed by atoms with Crippen molar-refractivity contribution in [1.29, 1.82) is 0 Å². The summed E-state index contributed by atoms with van der Waals surface area (Å²) in [6.45, 7) is 1.88. The van der Waals surface area contributed by atoms with Crippen LogP contribution < -0.4 is 5.11 Å². The van der Waals surface area contributed by atoms with E-state index in [9.17, 15) is 14.7 Å². The van der Waals surface area contributed by atoms with E-state index in [4.69, 9.17) is 0 Å². The number of aryl methyl sites for hydroxylation is 1. The largest absolute Gasteiger partial charge is 0.545 e. The standard InChI is InChI=1S/C13H12N2O3/c1-2-11-14-9-5-3-4-6-10(9)15(11)12(16)7-8-13(17)18/h3-8H,2H2,1H3,(H,17,18)/p-1. The molecule has 5 nitrogen and oxygen atoms in total. The molecule has 0 aliphatic heterocycles. The molecule has 0 bridgehead atoms. The molecule has 1 aromatic carbocycles. The maximum Gasteiger partial charge on any atom is 0.256 e. The van der Waals surface area contributed by atoms with Crippen LogP contribution in [0.25, 0.3) is 11.0 Å². The minimum atomic E-state index is -1.40. The number of nitrogens with zero attached hydrogens (tertiary/aromatic N) is 2. The Hall–Kier alpha value is -2.43.